The monoisotopic (exact) mass is 684 g/mol. The molecule has 6 aromatic carbocycles. The van der Waals surface area contributed by atoms with Gasteiger partial charge in [0.1, 0.15) is 0 Å². The summed E-state index contributed by atoms with van der Waals surface area (Å²) in [7, 11) is 11.0. The SMILES string of the molecule is CC(C)c1cc2c(-c3ccccc3)cccc2[cH-]1.C[Si]C.Cc1cc2c(-c3ccccc3)cc(C)c(C)c2[cH-]1.[Cl][Zr+2][Cl]. The van der Waals surface area contributed by atoms with Crippen LogP contribution < -0.4 is 0 Å². The number of rotatable bonds is 3. The van der Waals surface area contributed by atoms with Gasteiger partial charge in [-0.2, -0.15) is 12.1 Å². The average Bonchev–Trinajstić information content (AvgIpc) is 3.61. The topological polar surface area (TPSA) is 0 Å². The Hall–Kier alpha value is -2.22. The summed E-state index contributed by atoms with van der Waals surface area (Å²) in [6, 6.07) is 39.4. The Morgan fingerprint density at radius 2 is 1.21 bits per heavy atom. The molecule has 0 saturated heterocycles. The summed E-state index contributed by atoms with van der Waals surface area (Å²) in [6.07, 6.45) is 0. The molecule has 0 fully saturated rings. The van der Waals surface area contributed by atoms with Crippen LogP contribution in [0.2, 0.25) is 13.1 Å². The molecule has 0 heterocycles. The van der Waals surface area contributed by atoms with Crippen LogP contribution in [0, 0.1) is 20.8 Å². The first-order valence-corrected chi connectivity index (χ1v) is 22.6. The van der Waals surface area contributed by atoms with Gasteiger partial charge in [0.15, 0.2) is 0 Å². The van der Waals surface area contributed by atoms with Crippen LogP contribution in [0.3, 0.4) is 0 Å². The van der Waals surface area contributed by atoms with Crippen LogP contribution in [0.5, 0.6) is 0 Å². The Labute approximate surface area is 274 Å². The van der Waals surface area contributed by atoms with E-state index in [9.17, 15) is 0 Å². The van der Waals surface area contributed by atoms with Crippen LogP contribution in [0.1, 0.15) is 42.0 Å². The summed E-state index contributed by atoms with van der Waals surface area (Å²) in [4.78, 5) is 0. The van der Waals surface area contributed by atoms with Crippen molar-refractivity contribution < 1.29 is 20.8 Å². The maximum absolute atomic E-state index is 4.93. The predicted octanol–water partition coefficient (Wildman–Crippen LogP) is 12.7. The zero-order valence-corrected chi connectivity index (χ0v) is 30.7. The molecule has 214 valence electrons. The molecular weight excluding hydrogens is 647 g/mol. The first-order valence-electron chi connectivity index (χ1n) is 14.3. The summed E-state index contributed by atoms with van der Waals surface area (Å²) in [5.74, 6) is 0.584. The van der Waals surface area contributed by atoms with Crippen molar-refractivity contribution in [2.75, 3.05) is 0 Å². The number of halogens is 2. The fraction of sp³-hybridized carbons (Fsp3) is 0.211. The predicted molar refractivity (Wildman–Crippen MR) is 187 cm³/mol. The van der Waals surface area contributed by atoms with E-state index in [0.29, 0.717) is 5.92 Å². The first kappa shape index (κ1) is 34.3. The molecule has 0 amide bonds. The van der Waals surface area contributed by atoms with Crippen LogP contribution in [-0.4, -0.2) is 9.52 Å². The fourth-order valence-corrected chi connectivity index (χ4v) is 5.12. The molecule has 6 aromatic rings. The Morgan fingerprint density at radius 1 is 0.667 bits per heavy atom. The maximum atomic E-state index is 4.93. The average molecular weight is 687 g/mol. The molecule has 0 unspecified atom stereocenters. The van der Waals surface area contributed by atoms with Crippen molar-refractivity contribution >= 4 is 48.1 Å². The van der Waals surface area contributed by atoms with Gasteiger partial charge in [-0.25, -0.2) is 0 Å². The van der Waals surface area contributed by atoms with Gasteiger partial charge in [0.05, 0.1) is 0 Å². The van der Waals surface area contributed by atoms with Gasteiger partial charge in [0.2, 0.25) is 0 Å². The Morgan fingerprint density at radius 3 is 1.76 bits per heavy atom. The Balaban J connectivity index is 0.000000195. The second-order valence-electron chi connectivity index (χ2n) is 10.8. The Kier molecular flexibility index (Phi) is 14.0. The van der Waals surface area contributed by atoms with Crippen molar-refractivity contribution in [3.8, 4) is 22.3 Å². The molecule has 0 aliphatic heterocycles. The van der Waals surface area contributed by atoms with Gasteiger partial charge in [-0.05, 0) is 24.0 Å². The molecule has 6 rings (SSSR count). The van der Waals surface area contributed by atoms with E-state index in [2.05, 4.69) is 157 Å². The Bertz CT molecular complexity index is 1660. The van der Waals surface area contributed by atoms with E-state index in [1.807, 2.05) is 0 Å². The van der Waals surface area contributed by atoms with Crippen molar-refractivity contribution in [1.29, 1.82) is 0 Å². The zero-order valence-electron chi connectivity index (χ0n) is 25.7. The second kappa shape index (κ2) is 17.2. The van der Waals surface area contributed by atoms with Crippen LogP contribution in [0.25, 0.3) is 43.8 Å². The van der Waals surface area contributed by atoms with Gasteiger partial charge in [-0.3, -0.25) is 0 Å². The number of hydrogen-bond donors (Lipinski definition) is 0. The van der Waals surface area contributed by atoms with Crippen molar-refractivity contribution in [1.82, 2.24) is 0 Å². The van der Waals surface area contributed by atoms with Gasteiger partial charge in [-0.15, -0.1) is 62.5 Å². The van der Waals surface area contributed by atoms with Crippen LogP contribution in [-0.2, 0) is 20.8 Å². The molecule has 0 nitrogen and oxygen atoms in total. The van der Waals surface area contributed by atoms with E-state index in [1.165, 1.54) is 66.1 Å². The molecule has 2 radical (unpaired) electrons. The third kappa shape index (κ3) is 8.90. The van der Waals surface area contributed by atoms with Gasteiger partial charge >= 0.3 is 37.9 Å². The summed E-state index contributed by atoms with van der Waals surface area (Å²) < 4.78 is 0. The molecule has 4 heteroatoms. The van der Waals surface area contributed by atoms with Crippen molar-refractivity contribution in [3.63, 3.8) is 0 Å². The van der Waals surface area contributed by atoms with E-state index in [0.717, 1.165) is 9.52 Å². The van der Waals surface area contributed by atoms with Crippen molar-refractivity contribution in [2.24, 2.45) is 0 Å². The van der Waals surface area contributed by atoms with E-state index in [1.54, 1.807) is 0 Å². The number of benzene rings is 4. The first-order chi connectivity index (χ1) is 20.2. The molecule has 0 aromatic heterocycles. The third-order valence-corrected chi connectivity index (χ3v) is 7.29. The van der Waals surface area contributed by atoms with Gasteiger partial charge in [-0.1, -0.05) is 130 Å². The third-order valence-electron chi connectivity index (χ3n) is 7.29. The van der Waals surface area contributed by atoms with Gasteiger partial charge in [0, 0.05) is 9.52 Å². The van der Waals surface area contributed by atoms with Crippen LogP contribution in [0.4, 0.5) is 0 Å². The van der Waals surface area contributed by atoms with Crippen molar-refractivity contribution in [3.05, 3.63) is 131 Å². The number of aryl methyl sites for hydroxylation is 3. The van der Waals surface area contributed by atoms with Crippen molar-refractivity contribution in [2.45, 2.75) is 53.6 Å². The van der Waals surface area contributed by atoms with E-state index in [-0.39, 0.29) is 0 Å². The molecule has 0 N–H and O–H groups in total. The molecule has 0 bridgehead atoms. The summed E-state index contributed by atoms with van der Waals surface area (Å²) >= 11 is -0.826. The quantitative estimate of drug-likeness (QED) is 0.128. The normalized spacial score (nSPS) is 10.2. The van der Waals surface area contributed by atoms with Gasteiger partial charge < -0.3 is 0 Å². The molecule has 0 atom stereocenters. The number of fused-ring (bicyclic) bond motifs is 2. The minimum absolute atomic E-state index is 0.584. The molecule has 42 heavy (non-hydrogen) atoms. The van der Waals surface area contributed by atoms with E-state index < -0.39 is 20.8 Å². The molecule has 0 saturated carbocycles. The summed E-state index contributed by atoms with van der Waals surface area (Å²) in [5, 5.41) is 5.49. The summed E-state index contributed by atoms with van der Waals surface area (Å²) in [6.45, 7) is 15.4. The standard InChI is InChI=1S/2C18H17.C2H6Si.2ClH.Zr/c1-12-9-16-14(3)13(2)11-17(18(16)10-12)15-7-5-4-6-8-15;1-13(2)16-11-15-9-6-10-17(18(15)12-16)14-7-4-3-5-8-14;1-3-2;;;/h4-11H,1-3H3;3-13H,1-2H3;1-2H3;2*1H;/q2*-1;;;;+4/p-2. The summed E-state index contributed by atoms with van der Waals surface area (Å²) in [5.41, 5.74) is 10.8. The number of hydrogen-bond acceptors (Lipinski definition) is 0. The van der Waals surface area contributed by atoms with Crippen LogP contribution >= 0.6 is 17.0 Å². The molecular formula is C38H40Cl2SiZr. The molecule has 0 aliphatic carbocycles. The second-order valence-corrected chi connectivity index (χ2v) is 15.5. The van der Waals surface area contributed by atoms with Crippen LogP contribution in [0.15, 0.2) is 109 Å². The minimum atomic E-state index is -0.826. The molecule has 0 spiro atoms. The van der Waals surface area contributed by atoms with E-state index >= 15 is 0 Å². The zero-order chi connectivity index (χ0) is 30.6. The fourth-order valence-electron chi connectivity index (χ4n) is 5.12. The van der Waals surface area contributed by atoms with Gasteiger partial charge in [0.25, 0.3) is 0 Å². The molecule has 0 aliphatic rings. The van der Waals surface area contributed by atoms with E-state index in [4.69, 9.17) is 17.0 Å².